The number of hydrogen-bond acceptors (Lipinski definition) is 2. The Hall–Kier alpha value is -1.64. The van der Waals surface area contributed by atoms with Crippen LogP contribution < -0.4 is 0 Å². The number of aryl methyl sites for hydroxylation is 1. The molecular formula is C16H21NO2. The fourth-order valence-electron chi connectivity index (χ4n) is 2.53. The first-order chi connectivity index (χ1) is 9.10. The Morgan fingerprint density at radius 3 is 2.53 bits per heavy atom. The van der Waals surface area contributed by atoms with E-state index >= 15 is 0 Å². The highest BCUT2D eigenvalue weighted by Crippen LogP contribution is 2.17. The molecule has 0 aliphatic carbocycles. The zero-order valence-electron chi connectivity index (χ0n) is 11.7. The molecule has 3 nitrogen and oxygen atoms in total. The van der Waals surface area contributed by atoms with Gasteiger partial charge in [0.15, 0.2) is 5.78 Å². The van der Waals surface area contributed by atoms with Crippen molar-refractivity contribution in [2.75, 3.05) is 13.1 Å². The smallest absolute Gasteiger partial charge is 0.223 e. The SMILES string of the molecule is CCCc1ccc(C(=O)CN2CC(C)CC2=O)cc1. The van der Waals surface area contributed by atoms with Crippen molar-refractivity contribution in [1.82, 2.24) is 4.90 Å². The van der Waals surface area contributed by atoms with Gasteiger partial charge in [0.05, 0.1) is 6.54 Å². The summed E-state index contributed by atoms with van der Waals surface area (Å²) in [7, 11) is 0. The lowest BCUT2D eigenvalue weighted by atomic mass is 10.1. The van der Waals surface area contributed by atoms with E-state index in [4.69, 9.17) is 0 Å². The summed E-state index contributed by atoms with van der Waals surface area (Å²) in [4.78, 5) is 25.5. The first-order valence-electron chi connectivity index (χ1n) is 7.00. The zero-order valence-corrected chi connectivity index (χ0v) is 11.7. The molecule has 3 heteroatoms. The minimum absolute atomic E-state index is 0.0329. The first kappa shape index (κ1) is 13.8. The lowest BCUT2D eigenvalue weighted by Crippen LogP contribution is -2.31. The average molecular weight is 259 g/mol. The molecular weight excluding hydrogens is 238 g/mol. The van der Waals surface area contributed by atoms with Gasteiger partial charge < -0.3 is 4.90 Å². The fraction of sp³-hybridized carbons (Fsp3) is 0.500. The molecule has 1 heterocycles. The number of benzene rings is 1. The summed E-state index contributed by atoms with van der Waals surface area (Å²) in [5.41, 5.74) is 1.96. The summed E-state index contributed by atoms with van der Waals surface area (Å²) in [6, 6.07) is 7.75. The summed E-state index contributed by atoms with van der Waals surface area (Å²) < 4.78 is 0. The molecule has 1 aromatic carbocycles. The van der Waals surface area contributed by atoms with E-state index in [1.807, 2.05) is 31.2 Å². The molecule has 0 N–H and O–H groups in total. The number of carbonyl (C=O) groups is 2. The van der Waals surface area contributed by atoms with E-state index in [1.165, 1.54) is 5.56 Å². The van der Waals surface area contributed by atoms with Crippen molar-refractivity contribution >= 4 is 11.7 Å². The molecule has 1 aliphatic rings. The summed E-state index contributed by atoms with van der Waals surface area (Å²) in [5.74, 6) is 0.501. The number of Topliss-reactive ketones (excluding diaryl/α,β-unsaturated/α-hetero) is 1. The Kier molecular flexibility index (Phi) is 4.35. The Morgan fingerprint density at radius 2 is 2.00 bits per heavy atom. The molecule has 1 unspecified atom stereocenters. The number of likely N-dealkylation sites (tertiary alicyclic amines) is 1. The van der Waals surface area contributed by atoms with E-state index in [0.29, 0.717) is 24.4 Å². The topological polar surface area (TPSA) is 37.4 Å². The molecule has 1 saturated heterocycles. The summed E-state index contributed by atoms with van der Waals surface area (Å²) in [6.45, 7) is 5.11. The van der Waals surface area contributed by atoms with E-state index in [-0.39, 0.29) is 18.2 Å². The van der Waals surface area contributed by atoms with Crippen molar-refractivity contribution in [3.63, 3.8) is 0 Å². The van der Waals surface area contributed by atoms with E-state index in [2.05, 4.69) is 6.92 Å². The number of hydrogen-bond donors (Lipinski definition) is 0. The third-order valence-corrected chi connectivity index (χ3v) is 3.56. The van der Waals surface area contributed by atoms with Crippen LogP contribution in [0.15, 0.2) is 24.3 Å². The third kappa shape index (κ3) is 3.43. The van der Waals surface area contributed by atoms with E-state index in [0.717, 1.165) is 12.8 Å². The van der Waals surface area contributed by atoms with Gasteiger partial charge in [0, 0.05) is 18.5 Å². The maximum atomic E-state index is 12.1. The van der Waals surface area contributed by atoms with Crippen LogP contribution in [0.1, 0.15) is 42.6 Å². The van der Waals surface area contributed by atoms with Gasteiger partial charge in [-0.3, -0.25) is 9.59 Å². The normalized spacial score (nSPS) is 18.9. The molecule has 0 bridgehead atoms. The summed E-state index contributed by atoms with van der Waals surface area (Å²) in [5, 5.41) is 0. The van der Waals surface area contributed by atoms with E-state index in [9.17, 15) is 9.59 Å². The average Bonchev–Trinajstić information content (AvgIpc) is 2.69. The Balaban J connectivity index is 1.98. The van der Waals surface area contributed by atoms with Crippen LogP contribution >= 0.6 is 0 Å². The summed E-state index contributed by atoms with van der Waals surface area (Å²) >= 11 is 0. The number of ketones is 1. The second-order valence-corrected chi connectivity index (χ2v) is 5.45. The van der Waals surface area contributed by atoms with Gasteiger partial charge in [-0.1, -0.05) is 44.5 Å². The fourth-order valence-corrected chi connectivity index (χ4v) is 2.53. The second kappa shape index (κ2) is 6.00. The van der Waals surface area contributed by atoms with Crippen LogP contribution in [-0.4, -0.2) is 29.7 Å². The standard InChI is InChI=1S/C16H21NO2/c1-3-4-13-5-7-14(8-6-13)15(18)11-17-10-12(2)9-16(17)19/h5-8,12H,3-4,9-11H2,1-2H3. The first-order valence-corrected chi connectivity index (χ1v) is 7.00. The van der Waals surface area contributed by atoms with Gasteiger partial charge in [-0.05, 0) is 17.9 Å². The van der Waals surface area contributed by atoms with E-state index < -0.39 is 0 Å². The van der Waals surface area contributed by atoms with Crippen molar-refractivity contribution in [3.8, 4) is 0 Å². The molecule has 1 fully saturated rings. The Labute approximate surface area is 114 Å². The number of amides is 1. The number of rotatable bonds is 5. The van der Waals surface area contributed by atoms with Crippen molar-refractivity contribution in [2.45, 2.75) is 33.1 Å². The highest BCUT2D eigenvalue weighted by atomic mass is 16.2. The maximum Gasteiger partial charge on any atom is 0.223 e. The minimum Gasteiger partial charge on any atom is -0.335 e. The quantitative estimate of drug-likeness (QED) is 0.762. The highest BCUT2D eigenvalue weighted by Gasteiger charge is 2.27. The van der Waals surface area contributed by atoms with Crippen LogP contribution in [0, 0.1) is 5.92 Å². The molecule has 0 spiro atoms. The molecule has 0 aromatic heterocycles. The van der Waals surface area contributed by atoms with Crippen LogP contribution in [0.5, 0.6) is 0 Å². The molecule has 102 valence electrons. The Morgan fingerprint density at radius 1 is 1.32 bits per heavy atom. The van der Waals surface area contributed by atoms with Gasteiger partial charge in [-0.15, -0.1) is 0 Å². The molecule has 1 amide bonds. The highest BCUT2D eigenvalue weighted by molar-refractivity contribution is 5.99. The predicted octanol–water partition coefficient (Wildman–Crippen LogP) is 2.69. The van der Waals surface area contributed by atoms with Crippen molar-refractivity contribution in [3.05, 3.63) is 35.4 Å². The van der Waals surface area contributed by atoms with Crippen LogP contribution in [0.25, 0.3) is 0 Å². The monoisotopic (exact) mass is 259 g/mol. The van der Waals surface area contributed by atoms with Gasteiger partial charge in [0.2, 0.25) is 5.91 Å². The lowest BCUT2D eigenvalue weighted by Gasteiger charge is -2.15. The molecule has 19 heavy (non-hydrogen) atoms. The second-order valence-electron chi connectivity index (χ2n) is 5.45. The van der Waals surface area contributed by atoms with Gasteiger partial charge in [0.25, 0.3) is 0 Å². The van der Waals surface area contributed by atoms with Crippen molar-refractivity contribution < 1.29 is 9.59 Å². The zero-order chi connectivity index (χ0) is 13.8. The van der Waals surface area contributed by atoms with Crippen LogP contribution in [0.4, 0.5) is 0 Å². The van der Waals surface area contributed by atoms with Gasteiger partial charge in [0.1, 0.15) is 0 Å². The summed E-state index contributed by atoms with van der Waals surface area (Å²) in [6.07, 6.45) is 2.72. The van der Waals surface area contributed by atoms with Crippen molar-refractivity contribution in [2.24, 2.45) is 5.92 Å². The number of nitrogens with zero attached hydrogens (tertiary/aromatic N) is 1. The molecule has 1 atom stereocenters. The Bertz CT molecular complexity index is 464. The molecule has 2 rings (SSSR count). The molecule has 0 saturated carbocycles. The van der Waals surface area contributed by atoms with Crippen LogP contribution in [0.3, 0.4) is 0 Å². The third-order valence-electron chi connectivity index (χ3n) is 3.56. The maximum absolute atomic E-state index is 12.1. The van der Waals surface area contributed by atoms with Crippen molar-refractivity contribution in [1.29, 1.82) is 0 Å². The molecule has 0 radical (unpaired) electrons. The van der Waals surface area contributed by atoms with Gasteiger partial charge in [-0.2, -0.15) is 0 Å². The van der Waals surface area contributed by atoms with Gasteiger partial charge >= 0.3 is 0 Å². The number of carbonyl (C=O) groups excluding carboxylic acids is 2. The molecule has 1 aromatic rings. The largest absolute Gasteiger partial charge is 0.335 e. The van der Waals surface area contributed by atoms with Gasteiger partial charge in [-0.25, -0.2) is 0 Å². The van der Waals surface area contributed by atoms with E-state index in [1.54, 1.807) is 4.90 Å². The van der Waals surface area contributed by atoms with Crippen LogP contribution in [0.2, 0.25) is 0 Å². The predicted molar refractivity (Wildman–Crippen MR) is 75.1 cm³/mol. The minimum atomic E-state index is 0.0329. The van der Waals surface area contributed by atoms with Crippen LogP contribution in [-0.2, 0) is 11.2 Å². The lowest BCUT2D eigenvalue weighted by molar-refractivity contribution is -0.127. The molecule has 1 aliphatic heterocycles.